The van der Waals surface area contributed by atoms with Crippen LogP contribution in [0, 0.1) is 19.8 Å². The Bertz CT molecular complexity index is 1110. The van der Waals surface area contributed by atoms with Gasteiger partial charge in [0.25, 0.3) is 5.91 Å². The predicted octanol–water partition coefficient (Wildman–Crippen LogP) is 2.66. The first kappa shape index (κ1) is 26.8. The summed E-state index contributed by atoms with van der Waals surface area (Å²) in [6.07, 6.45) is 1.60. The van der Waals surface area contributed by atoms with Gasteiger partial charge in [0.05, 0.1) is 4.90 Å². The van der Waals surface area contributed by atoms with Gasteiger partial charge in [-0.2, -0.15) is 4.31 Å². The number of rotatable bonds is 10. The molecule has 1 saturated heterocycles. The topological polar surface area (TPSA) is 105 Å². The van der Waals surface area contributed by atoms with E-state index in [1.165, 1.54) is 4.31 Å². The van der Waals surface area contributed by atoms with Gasteiger partial charge in [-0.15, -0.1) is 0 Å². The van der Waals surface area contributed by atoms with Crippen molar-refractivity contribution in [1.82, 2.24) is 14.9 Å². The smallest absolute Gasteiger partial charge is 0.251 e. The molecule has 1 fully saturated rings. The molecular weight excluding hydrogens is 466 g/mol. The van der Waals surface area contributed by atoms with E-state index >= 15 is 0 Å². The van der Waals surface area contributed by atoms with Crippen molar-refractivity contribution >= 4 is 21.8 Å². The average Bonchev–Trinajstić information content (AvgIpc) is 2.85. The lowest BCUT2D eigenvalue weighted by atomic mass is 9.89. The van der Waals surface area contributed by atoms with Crippen LogP contribution in [-0.2, 0) is 19.6 Å². The fourth-order valence-corrected chi connectivity index (χ4v) is 5.72. The number of benzene rings is 2. The van der Waals surface area contributed by atoms with Gasteiger partial charge in [-0.05, 0) is 63.3 Å². The minimum atomic E-state index is -3.61. The summed E-state index contributed by atoms with van der Waals surface area (Å²) in [7, 11) is -2.01. The molecule has 9 heteroatoms. The normalized spacial score (nSPS) is 16.0. The van der Waals surface area contributed by atoms with Crippen molar-refractivity contribution in [2.75, 3.05) is 33.4 Å². The molecule has 3 rings (SSSR count). The summed E-state index contributed by atoms with van der Waals surface area (Å²) in [6.45, 7) is 5.34. The minimum Gasteiger partial charge on any atom is -0.385 e. The number of aryl methyl sites for hydroxylation is 2. The number of nitrogens with zero attached hydrogens (tertiary/aromatic N) is 1. The van der Waals surface area contributed by atoms with Crippen LogP contribution in [0.1, 0.15) is 40.7 Å². The van der Waals surface area contributed by atoms with Crippen molar-refractivity contribution < 1.29 is 22.7 Å². The standard InChI is InChI=1S/C26H35N3O5S/c1-19-8-10-23(11-9-19)35(32,33)29-15-12-21(13-16-29)24(26(31)27-14-5-17-34-3)28-25(30)22-7-4-6-20(2)18-22/h4,6-11,18,21,24H,5,12-17H2,1-3H3,(H,27,31)(H,28,30)/t24-/m0/s1. The molecule has 2 aromatic carbocycles. The lowest BCUT2D eigenvalue weighted by Gasteiger charge is -2.35. The molecule has 0 bridgehead atoms. The van der Waals surface area contributed by atoms with Crippen molar-refractivity contribution in [2.45, 2.75) is 44.0 Å². The summed E-state index contributed by atoms with van der Waals surface area (Å²) in [5.74, 6) is -0.766. The van der Waals surface area contributed by atoms with Gasteiger partial charge in [0.1, 0.15) is 6.04 Å². The number of amides is 2. The Morgan fingerprint density at radius 3 is 2.37 bits per heavy atom. The van der Waals surface area contributed by atoms with Crippen molar-refractivity contribution in [3.8, 4) is 0 Å². The molecule has 2 amide bonds. The quantitative estimate of drug-likeness (QED) is 0.487. The third kappa shape index (κ3) is 7.13. The van der Waals surface area contributed by atoms with Crippen molar-refractivity contribution in [1.29, 1.82) is 0 Å². The molecule has 2 N–H and O–H groups in total. The maximum atomic E-state index is 13.1. The van der Waals surface area contributed by atoms with E-state index in [9.17, 15) is 18.0 Å². The molecule has 0 spiro atoms. The van der Waals surface area contributed by atoms with E-state index in [1.54, 1.807) is 49.6 Å². The fourth-order valence-electron chi connectivity index (χ4n) is 4.26. The number of sulfonamides is 1. The molecular formula is C26H35N3O5S. The van der Waals surface area contributed by atoms with Crippen molar-refractivity contribution in [3.63, 3.8) is 0 Å². The Labute approximate surface area is 208 Å². The van der Waals surface area contributed by atoms with Crippen LogP contribution in [0.2, 0.25) is 0 Å². The van der Waals surface area contributed by atoms with Gasteiger partial charge in [-0.3, -0.25) is 9.59 Å². The molecule has 0 radical (unpaired) electrons. The lowest BCUT2D eigenvalue weighted by molar-refractivity contribution is -0.124. The van der Waals surface area contributed by atoms with E-state index in [0.717, 1.165) is 11.1 Å². The molecule has 0 unspecified atom stereocenters. The van der Waals surface area contributed by atoms with Gasteiger partial charge in [0.15, 0.2) is 0 Å². The number of carbonyl (C=O) groups is 2. The number of nitrogens with one attached hydrogen (secondary N) is 2. The summed E-state index contributed by atoms with van der Waals surface area (Å²) < 4.78 is 32.6. The molecule has 1 atom stereocenters. The number of hydrogen-bond donors (Lipinski definition) is 2. The SMILES string of the molecule is COCCCNC(=O)[C@@H](NC(=O)c1cccc(C)c1)C1CCN(S(=O)(=O)c2ccc(C)cc2)CC1. The summed E-state index contributed by atoms with van der Waals surface area (Å²) in [6, 6.07) is 13.2. The summed E-state index contributed by atoms with van der Waals surface area (Å²) >= 11 is 0. The predicted molar refractivity (Wildman–Crippen MR) is 135 cm³/mol. The summed E-state index contributed by atoms with van der Waals surface area (Å²) in [4.78, 5) is 26.3. The number of piperidine rings is 1. The van der Waals surface area contributed by atoms with Crippen LogP contribution in [0.25, 0.3) is 0 Å². The Kier molecular flexibility index (Phi) is 9.42. The number of hydrogen-bond acceptors (Lipinski definition) is 5. The van der Waals surface area contributed by atoms with E-state index < -0.39 is 16.1 Å². The molecule has 0 aromatic heterocycles. The summed E-state index contributed by atoms with van der Waals surface area (Å²) in [5.41, 5.74) is 2.43. The van der Waals surface area contributed by atoms with Gasteiger partial charge in [0, 0.05) is 38.9 Å². The first-order chi connectivity index (χ1) is 16.7. The number of carbonyl (C=O) groups excluding carboxylic acids is 2. The molecule has 2 aromatic rings. The second kappa shape index (κ2) is 12.3. The molecule has 1 aliphatic heterocycles. The Morgan fingerprint density at radius 2 is 1.74 bits per heavy atom. The van der Waals surface area contributed by atoms with Gasteiger partial charge in [-0.1, -0.05) is 35.4 Å². The molecule has 1 aliphatic rings. The van der Waals surface area contributed by atoms with E-state index in [2.05, 4.69) is 10.6 Å². The third-order valence-electron chi connectivity index (χ3n) is 6.30. The number of ether oxygens (including phenoxy) is 1. The van der Waals surface area contributed by atoms with Crippen molar-refractivity contribution in [3.05, 3.63) is 65.2 Å². The zero-order valence-electron chi connectivity index (χ0n) is 20.6. The van der Waals surface area contributed by atoms with Crippen LogP contribution in [-0.4, -0.2) is 63.9 Å². The highest BCUT2D eigenvalue weighted by atomic mass is 32.2. The zero-order chi connectivity index (χ0) is 25.4. The van der Waals surface area contributed by atoms with Crippen LogP contribution in [0.5, 0.6) is 0 Å². The highest BCUT2D eigenvalue weighted by molar-refractivity contribution is 7.89. The Morgan fingerprint density at radius 1 is 1.06 bits per heavy atom. The van der Waals surface area contributed by atoms with Gasteiger partial charge in [-0.25, -0.2) is 8.42 Å². The monoisotopic (exact) mass is 501 g/mol. The molecule has 1 heterocycles. The first-order valence-electron chi connectivity index (χ1n) is 11.9. The molecule has 0 aliphatic carbocycles. The fraction of sp³-hybridized carbons (Fsp3) is 0.462. The molecule has 190 valence electrons. The lowest BCUT2D eigenvalue weighted by Crippen LogP contribution is -2.54. The number of methoxy groups -OCH3 is 1. The largest absolute Gasteiger partial charge is 0.385 e. The average molecular weight is 502 g/mol. The van der Waals surface area contributed by atoms with Crippen molar-refractivity contribution in [2.24, 2.45) is 5.92 Å². The van der Waals surface area contributed by atoms with E-state index in [-0.39, 0.29) is 35.7 Å². The van der Waals surface area contributed by atoms with Crippen LogP contribution in [0.15, 0.2) is 53.4 Å². The zero-order valence-corrected chi connectivity index (χ0v) is 21.4. The Balaban J connectivity index is 1.71. The maximum Gasteiger partial charge on any atom is 0.251 e. The molecule has 35 heavy (non-hydrogen) atoms. The highest BCUT2D eigenvalue weighted by Gasteiger charge is 2.36. The molecule has 0 saturated carbocycles. The Hall–Kier alpha value is -2.75. The van der Waals surface area contributed by atoms with Crippen LogP contribution in [0.4, 0.5) is 0 Å². The van der Waals surface area contributed by atoms with Crippen LogP contribution >= 0.6 is 0 Å². The van der Waals surface area contributed by atoms with Gasteiger partial charge < -0.3 is 15.4 Å². The van der Waals surface area contributed by atoms with Gasteiger partial charge >= 0.3 is 0 Å². The minimum absolute atomic E-state index is 0.185. The first-order valence-corrected chi connectivity index (χ1v) is 13.4. The second-order valence-electron chi connectivity index (χ2n) is 9.01. The van der Waals surface area contributed by atoms with Crippen LogP contribution in [0.3, 0.4) is 0 Å². The highest BCUT2D eigenvalue weighted by Crippen LogP contribution is 2.26. The maximum absolute atomic E-state index is 13.1. The van der Waals surface area contributed by atoms with Gasteiger partial charge in [0.2, 0.25) is 15.9 Å². The molecule has 8 nitrogen and oxygen atoms in total. The summed E-state index contributed by atoms with van der Waals surface area (Å²) in [5, 5.41) is 5.80. The van der Waals surface area contributed by atoms with E-state index in [4.69, 9.17) is 4.74 Å². The third-order valence-corrected chi connectivity index (χ3v) is 8.22. The van der Waals surface area contributed by atoms with Crippen LogP contribution < -0.4 is 10.6 Å². The van der Waals surface area contributed by atoms with E-state index in [0.29, 0.717) is 38.0 Å². The second-order valence-corrected chi connectivity index (χ2v) is 11.0. The van der Waals surface area contributed by atoms with E-state index in [1.807, 2.05) is 19.9 Å².